The maximum Gasteiger partial charge on any atom is 0.123 e. The van der Waals surface area contributed by atoms with Crippen LogP contribution in [0.15, 0.2) is 24.3 Å². The molecular weight excluding hydrogens is 213 g/mol. The lowest BCUT2D eigenvalue weighted by Gasteiger charge is -2.43. The van der Waals surface area contributed by atoms with Gasteiger partial charge in [-0.05, 0) is 42.4 Å². The van der Waals surface area contributed by atoms with Crippen LogP contribution >= 0.6 is 0 Å². The molecular formula is C15H22FN. The number of hydrogen-bond acceptors (Lipinski definition) is 1. The van der Waals surface area contributed by atoms with E-state index in [-0.39, 0.29) is 5.82 Å². The molecule has 0 bridgehead atoms. The maximum absolute atomic E-state index is 12.9. The molecule has 0 saturated heterocycles. The fourth-order valence-electron chi connectivity index (χ4n) is 2.55. The van der Waals surface area contributed by atoms with E-state index in [1.807, 2.05) is 12.1 Å². The zero-order chi connectivity index (χ0) is 12.3. The van der Waals surface area contributed by atoms with E-state index in [0.717, 1.165) is 13.0 Å². The van der Waals surface area contributed by atoms with Gasteiger partial charge in [0, 0.05) is 12.6 Å². The lowest BCUT2D eigenvalue weighted by atomic mass is 9.65. The zero-order valence-electron chi connectivity index (χ0n) is 10.8. The Labute approximate surface area is 103 Å². The largest absolute Gasteiger partial charge is 0.314 e. The summed E-state index contributed by atoms with van der Waals surface area (Å²) in [5.41, 5.74) is 1.68. The molecule has 0 radical (unpaired) electrons. The van der Waals surface area contributed by atoms with Gasteiger partial charge < -0.3 is 5.32 Å². The third kappa shape index (κ3) is 3.29. The molecule has 1 saturated carbocycles. The Morgan fingerprint density at radius 3 is 2.35 bits per heavy atom. The van der Waals surface area contributed by atoms with E-state index in [1.165, 1.54) is 24.8 Å². The van der Waals surface area contributed by atoms with Gasteiger partial charge in [0.2, 0.25) is 0 Å². The SMILES string of the molecule is CC(C)NCC1(Cc2ccc(F)cc2)CCC1. The predicted molar refractivity (Wildman–Crippen MR) is 69.5 cm³/mol. The van der Waals surface area contributed by atoms with Crippen molar-refractivity contribution in [2.24, 2.45) is 5.41 Å². The van der Waals surface area contributed by atoms with Crippen LogP contribution in [0.5, 0.6) is 0 Å². The van der Waals surface area contributed by atoms with Crippen LogP contribution in [0.1, 0.15) is 38.7 Å². The van der Waals surface area contributed by atoms with Crippen LogP contribution in [0.25, 0.3) is 0 Å². The van der Waals surface area contributed by atoms with Crippen molar-refractivity contribution in [3.8, 4) is 0 Å². The maximum atomic E-state index is 12.9. The monoisotopic (exact) mass is 235 g/mol. The van der Waals surface area contributed by atoms with Crippen LogP contribution in [0, 0.1) is 11.2 Å². The summed E-state index contributed by atoms with van der Waals surface area (Å²) in [5.74, 6) is -0.142. The molecule has 0 atom stereocenters. The van der Waals surface area contributed by atoms with Gasteiger partial charge in [0.15, 0.2) is 0 Å². The van der Waals surface area contributed by atoms with E-state index >= 15 is 0 Å². The van der Waals surface area contributed by atoms with Crippen molar-refractivity contribution < 1.29 is 4.39 Å². The Morgan fingerprint density at radius 2 is 1.88 bits per heavy atom. The number of nitrogens with one attached hydrogen (secondary N) is 1. The Balaban J connectivity index is 1.96. The Kier molecular flexibility index (Phi) is 3.82. The van der Waals surface area contributed by atoms with Gasteiger partial charge in [-0.3, -0.25) is 0 Å². The molecule has 0 heterocycles. The first-order valence-electron chi connectivity index (χ1n) is 6.58. The number of benzene rings is 1. The molecule has 1 aromatic carbocycles. The van der Waals surface area contributed by atoms with E-state index in [0.29, 0.717) is 11.5 Å². The van der Waals surface area contributed by atoms with Crippen LogP contribution in [0.3, 0.4) is 0 Å². The summed E-state index contributed by atoms with van der Waals surface area (Å²) in [5, 5.41) is 3.55. The van der Waals surface area contributed by atoms with Gasteiger partial charge >= 0.3 is 0 Å². The van der Waals surface area contributed by atoms with Crippen molar-refractivity contribution >= 4 is 0 Å². The fraction of sp³-hybridized carbons (Fsp3) is 0.600. The zero-order valence-corrected chi connectivity index (χ0v) is 10.8. The second kappa shape index (κ2) is 5.18. The normalized spacial score (nSPS) is 18.1. The van der Waals surface area contributed by atoms with Gasteiger partial charge in [-0.1, -0.05) is 32.4 Å². The minimum atomic E-state index is -0.142. The topological polar surface area (TPSA) is 12.0 Å². The molecule has 1 N–H and O–H groups in total. The first-order chi connectivity index (χ1) is 8.10. The summed E-state index contributed by atoms with van der Waals surface area (Å²) in [7, 11) is 0. The summed E-state index contributed by atoms with van der Waals surface area (Å²) in [6.45, 7) is 5.45. The highest BCUT2D eigenvalue weighted by Gasteiger charge is 2.36. The predicted octanol–water partition coefficient (Wildman–Crippen LogP) is 3.54. The van der Waals surface area contributed by atoms with Crippen LogP contribution in [0.2, 0.25) is 0 Å². The first kappa shape index (κ1) is 12.6. The molecule has 94 valence electrons. The molecule has 17 heavy (non-hydrogen) atoms. The van der Waals surface area contributed by atoms with Gasteiger partial charge in [0.1, 0.15) is 5.82 Å². The molecule has 1 aliphatic carbocycles. The van der Waals surface area contributed by atoms with Crippen molar-refractivity contribution in [2.45, 2.75) is 45.6 Å². The minimum absolute atomic E-state index is 0.142. The molecule has 1 fully saturated rings. The van der Waals surface area contributed by atoms with E-state index in [2.05, 4.69) is 19.2 Å². The average Bonchev–Trinajstić information content (AvgIpc) is 2.24. The smallest absolute Gasteiger partial charge is 0.123 e. The Morgan fingerprint density at radius 1 is 1.24 bits per heavy atom. The Bertz CT molecular complexity index is 352. The molecule has 1 nitrogen and oxygen atoms in total. The van der Waals surface area contributed by atoms with E-state index in [1.54, 1.807) is 12.1 Å². The van der Waals surface area contributed by atoms with Gasteiger partial charge in [-0.25, -0.2) is 4.39 Å². The van der Waals surface area contributed by atoms with Crippen molar-refractivity contribution in [2.75, 3.05) is 6.54 Å². The summed E-state index contributed by atoms with van der Waals surface area (Å²) >= 11 is 0. The lowest BCUT2D eigenvalue weighted by molar-refractivity contribution is 0.126. The van der Waals surface area contributed by atoms with Crippen molar-refractivity contribution in [1.82, 2.24) is 5.32 Å². The number of halogens is 1. The van der Waals surface area contributed by atoms with Gasteiger partial charge in [0.05, 0.1) is 0 Å². The van der Waals surface area contributed by atoms with Crippen LogP contribution in [-0.4, -0.2) is 12.6 Å². The van der Waals surface area contributed by atoms with Crippen LogP contribution < -0.4 is 5.32 Å². The molecule has 1 aliphatic rings. The molecule has 0 amide bonds. The van der Waals surface area contributed by atoms with Crippen molar-refractivity contribution in [3.63, 3.8) is 0 Å². The third-order valence-corrected chi connectivity index (χ3v) is 3.79. The molecule has 0 spiro atoms. The highest BCUT2D eigenvalue weighted by molar-refractivity contribution is 5.18. The minimum Gasteiger partial charge on any atom is -0.314 e. The van der Waals surface area contributed by atoms with E-state index in [9.17, 15) is 4.39 Å². The van der Waals surface area contributed by atoms with Crippen molar-refractivity contribution in [3.05, 3.63) is 35.6 Å². The van der Waals surface area contributed by atoms with Crippen LogP contribution in [-0.2, 0) is 6.42 Å². The van der Waals surface area contributed by atoms with Crippen molar-refractivity contribution in [1.29, 1.82) is 0 Å². The standard InChI is InChI=1S/C15H22FN/c1-12(2)17-11-15(8-3-9-15)10-13-4-6-14(16)7-5-13/h4-7,12,17H,3,8-11H2,1-2H3. The summed E-state index contributed by atoms with van der Waals surface area (Å²) in [4.78, 5) is 0. The second-order valence-electron chi connectivity index (χ2n) is 5.69. The number of rotatable bonds is 5. The highest BCUT2D eigenvalue weighted by atomic mass is 19.1. The quantitative estimate of drug-likeness (QED) is 0.823. The molecule has 0 unspecified atom stereocenters. The molecule has 0 aromatic heterocycles. The number of hydrogen-bond donors (Lipinski definition) is 1. The second-order valence-corrected chi connectivity index (χ2v) is 5.69. The molecule has 2 heteroatoms. The summed E-state index contributed by atoms with van der Waals surface area (Å²) < 4.78 is 12.9. The molecule has 2 rings (SSSR count). The third-order valence-electron chi connectivity index (χ3n) is 3.79. The molecule has 0 aliphatic heterocycles. The highest BCUT2D eigenvalue weighted by Crippen LogP contribution is 2.43. The fourth-order valence-corrected chi connectivity index (χ4v) is 2.55. The first-order valence-corrected chi connectivity index (χ1v) is 6.58. The van der Waals surface area contributed by atoms with Crippen LogP contribution in [0.4, 0.5) is 4.39 Å². The van der Waals surface area contributed by atoms with Gasteiger partial charge in [-0.2, -0.15) is 0 Å². The Hall–Kier alpha value is -0.890. The van der Waals surface area contributed by atoms with Gasteiger partial charge in [-0.15, -0.1) is 0 Å². The summed E-state index contributed by atoms with van der Waals surface area (Å²) in [6, 6.07) is 7.52. The average molecular weight is 235 g/mol. The molecule has 1 aromatic rings. The lowest BCUT2D eigenvalue weighted by Crippen LogP contribution is -2.43. The van der Waals surface area contributed by atoms with E-state index < -0.39 is 0 Å². The van der Waals surface area contributed by atoms with E-state index in [4.69, 9.17) is 0 Å². The summed E-state index contributed by atoms with van der Waals surface area (Å²) in [6.07, 6.45) is 5.00. The van der Waals surface area contributed by atoms with Gasteiger partial charge in [0.25, 0.3) is 0 Å².